The number of anilines is 2. The van der Waals surface area contributed by atoms with Gasteiger partial charge in [-0.25, -0.2) is 14.2 Å². The summed E-state index contributed by atoms with van der Waals surface area (Å²) in [6.45, 7) is 4.46. The third kappa shape index (κ3) is 4.75. The lowest BCUT2D eigenvalue weighted by Crippen LogP contribution is -2.42. The predicted molar refractivity (Wildman–Crippen MR) is 96.1 cm³/mol. The number of nitrogens with zero attached hydrogens (tertiary/aromatic N) is 3. The van der Waals surface area contributed by atoms with Crippen molar-refractivity contribution in [2.75, 3.05) is 36.8 Å². The number of piperazine rings is 1. The van der Waals surface area contributed by atoms with Crippen LogP contribution in [0.1, 0.15) is 11.3 Å². The first-order chi connectivity index (χ1) is 12.6. The highest BCUT2D eigenvalue weighted by Gasteiger charge is 2.13. The van der Waals surface area contributed by atoms with Gasteiger partial charge in [0.15, 0.2) is 0 Å². The fourth-order valence-electron chi connectivity index (χ4n) is 2.71. The quantitative estimate of drug-likeness (QED) is 0.782. The molecule has 0 saturated carbocycles. The number of nitrogens with one attached hydrogen (secondary N) is 3. The molecule has 8 heteroatoms. The van der Waals surface area contributed by atoms with Crippen LogP contribution in [0.5, 0.6) is 0 Å². The lowest BCUT2D eigenvalue weighted by molar-refractivity contribution is 0.233. The second kappa shape index (κ2) is 8.38. The lowest BCUT2D eigenvalue weighted by atomic mass is 10.1. The predicted octanol–water partition coefficient (Wildman–Crippen LogP) is 2.14. The molecule has 1 aliphatic heterocycles. The molecule has 1 fully saturated rings. The van der Waals surface area contributed by atoms with Crippen molar-refractivity contribution < 1.29 is 9.18 Å². The summed E-state index contributed by atoms with van der Waals surface area (Å²) in [6.07, 6.45) is 1.37. The molecule has 1 saturated heterocycles. The maximum absolute atomic E-state index is 14.0. The highest BCUT2D eigenvalue weighted by atomic mass is 19.1. The first-order valence-corrected chi connectivity index (χ1v) is 8.30. The van der Waals surface area contributed by atoms with Crippen molar-refractivity contribution in [3.05, 3.63) is 53.6 Å². The smallest absolute Gasteiger partial charge is 0.314 e. The van der Waals surface area contributed by atoms with Gasteiger partial charge in [-0.05, 0) is 29.8 Å². The van der Waals surface area contributed by atoms with Gasteiger partial charge in [-0.2, -0.15) is 5.26 Å². The van der Waals surface area contributed by atoms with E-state index in [9.17, 15) is 9.18 Å². The Morgan fingerprint density at radius 2 is 2.08 bits per heavy atom. The van der Waals surface area contributed by atoms with Crippen molar-refractivity contribution in [2.45, 2.75) is 6.54 Å². The van der Waals surface area contributed by atoms with E-state index >= 15 is 0 Å². The maximum Gasteiger partial charge on any atom is 0.323 e. The number of hydrogen-bond acceptors (Lipinski definition) is 5. The Hall–Kier alpha value is -3.02. The van der Waals surface area contributed by atoms with Crippen LogP contribution >= 0.6 is 0 Å². The molecule has 2 amide bonds. The van der Waals surface area contributed by atoms with Crippen LogP contribution in [0.15, 0.2) is 36.5 Å². The van der Waals surface area contributed by atoms with Gasteiger partial charge in [0, 0.05) is 32.7 Å². The Kier molecular flexibility index (Phi) is 5.73. The average Bonchev–Trinajstić information content (AvgIpc) is 2.66. The van der Waals surface area contributed by atoms with Gasteiger partial charge in [0.2, 0.25) is 0 Å². The Bertz CT molecular complexity index is 811. The third-order valence-electron chi connectivity index (χ3n) is 4.03. The van der Waals surface area contributed by atoms with Crippen molar-refractivity contribution in [2.24, 2.45) is 0 Å². The topological polar surface area (TPSA) is 93.1 Å². The second-order valence-corrected chi connectivity index (χ2v) is 5.96. The van der Waals surface area contributed by atoms with E-state index in [1.165, 1.54) is 18.3 Å². The minimum Gasteiger partial charge on any atom is -0.314 e. The maximum atomic E-state index is 14.0. The van der Waals surface area contributed by atoms with Crippen molar-refractivity contribution in [3.63, 3.8) is 0 Å². The summed E-state index contributed by atoms with van der Waals surface area (Å²) in [5.41, 5.74) is 1.72. The van der Waals surface area contributed by atoms with Crippen LogP contribution in [0.25, 0.3) is 0 Å². The molecule has 2 heterocycles. The van der Waals surface area contributed by atoms with Gasteiger partial charge in [0.1, 0.15) is 17.6 Å². The molecular formula is C18H19FN6O. The van der Waals surface area contributed by atoms with Gasteiger partial charge in [0.25, 0.3) is 0 Å². The Labute approximate surface area is 150 Å². The van der Waals surface area contributed by atoms with Crippen LogP contribution in [0.2, 0.25) is 0 Å². The normalized spacial score (nSPS) is 14.5. The van der Waals surface area contributed by atoms with E-state index in [-0.39, 0.29) is 11.4 Å². The van der Waals surface area contributed by atoms with Crippen molar-refractivity contribution in [1.82, 2.24) is 15.2 Å². The molecule has 0 spiro atoms. The summed E-state index contributed by atoms with van der Waals surface area (Å²) in [5.74, 6) is -0.498. The Morgan fingerprint density at radius 1 is 1.27 bits per heavy atom. The number of pyridine rings is 1. The van der Waals surface area contributed by atoms with Crippen LogP contribution in [0.4, 0.5) is 20.6 Å². The molecule has 1 aromatic heterocycles. The van der Waals surface area contributed by atoms with Gasteiger partial charge in [-0.1, -0.05) is 6.07 Å². The molecule has 1 aliphatic rings. The molecule has 0 radical (unpaired) electrons. The molecule has 0 bridgehead atoms. The molecule has 0 aliphatic carbocycles. The molecule has 2 aromatic rings. The number of halogens is 1. The number of carbonyl (C=O) groups excluding carboxylic acids is 1. The van der Waals surface area contributed by atoms with Gasteiger partial charge in [-0.15, -0.1) is 0 Å². The summed E-state index contributed by atoms with van der Waals surface area (Å²) in [6, 6.07) is 9.10. The first kappa shape index (κ1) is 17.8. The lowest BCUT2D eigenvalue weighted by Gasteiger charge is -2.27. The number of aromatic nitrogens is 1. The van der Waals surface area contributed by atoms with Crippen LogP contribution in [-0.2, 0) is 6.54 Å². The summed E-state index contributed by atoms with van der Waals surface area (Å²) >= 11 is 0. The summed E-state index contributed by atoms with van der Waals surface area (Å²) in [5, 5.41) is 17.1. The van der Waals surface area contributed by atoms with E-state index < -0.39 is 11.8 Å². The number of carbonyl (C=O) groups is 1. The molecule has 3 N–H and O–H groups in total. The monoisotopic (exact) mass is 354 g/mol. The van der Waals surface area contributed by atoms with E-state index in [1.807, 2.05) is 6.07 Å². The van der Waals surface area contributed by atoms with Gasteiger partial charge < -0.3 is 16.0 Å². The SMILES string of the molecule is N#Cc1ccc(NC(=O)Nc2cc(CN3CCNCC3)ccc2F)cn1. The zero-order valence-electron chi connectivity index (χ0n) is 14.1. The number of rotatable bonds is 4. The van der Waals surface area contributed by atoms with Crippen LogP contribution < -0.4 is 16.0 Å². The van der Waals surface area contributed by atoms with Gasteiger partial charge in [-0.3, -0.25) is 4.90 Å². The van der Waals surface area contributed by atoms with Crippen LogP contribution in [0.3, 0.4) is 0 Å². The van der Waals surface area contributed by atoms with E-state index in [4.69, 9.17) is 5.26 Å². The average molecular weight is 354 g/mol. The molecule has 0 unspecified atom stereocenters. The Morgan fingerprint density at radius 3 is 2.77 bits per heavy atom. The summed E-state index contributed by atoms with van der Waals surface area (Å²) in [7, 11) is 0. The highest BCUT2D eigenvalue weighted by molar-refractivity contribution is 5.99. The van der Waals surface area contributed by atoms with Gasteiger partial charge in [0.05, 0.1) is 17.6 Å². The highest BCUT2D eigenvalue weighted by Crippen LogP contribution is 2.18. The van der Waals surface area contributed by atoms with Crippen molar-refractivity contribution >= 4 is 17.4 Å². The number of benzene rings is 1. The van der Waals surface area contributed by atoms with E-state index in [1.54, 1.807) is 18.2 Å². The molecule has 26 heavy (non-hydrogen) atoms. The van der Waals surface area contributed by atoms with Crippen molar-refractivity contribution in [3.8, 4) is 6.07 Å². The standard InChI is InChI=1S/C18H19FN6O/c19-16-4-1-13(12-25-7-5-21-6-8-25)9-17(16)24-18(26)23-15-3-2-14(10-20)22-11-15/h1-4,9,11,21H,5-8,12H2,(H2,23,24,26). The number of nitriles is 1. The molecule has 7 nitrogen and oxygen atoms in total. The van der Waals surface area contributed by atoms with E-state index in [0.717, 1.165) is 31.7 Å². The van der Waals surface area contributed by atoms with Crippen LogP contribution in [0, 0.1) is 17.1 Å². The molecular weight excluding hydrogens is 335 g/mol. The summed E-state index contributed by atoms with van der Waals surface area (Å²) < 4.78 is 14.0. The fraction of sp³-hybridized carbons (Fsp3) is 0.278. The molecule has 134 valence electrons. The molecule has 1 aromatic carbocycles. The largest absolute Gasteiger partial charge is 0.323 e. The minimum absolute atomic E-state index is 0.122. The number of hydrogen-bond donors (Lipinski definition) is 3. The number of amides is 2. The van der Waals surface area contributed by atoms with Gasteiger partial charge >= 0.3 is 6.03 Å². The van der Waals surface area contributed by atoms with Crippen molar-refractivity contribution in [1.29, 1.82) is 5.26 Å². The molecule has 3 rings (SSSR count). The third-order valence-corrected chi connectivity index (χ3v) is 4.03. The summed E-state index contributed by atoms with van der Waals surface area (Å²) in [4.78, 5) is 18.2. The van der Waals surface area contributed by atoms with E-state index in [2.05, 4.69) is 25.8 Å². The fourth-order valence-corrected chi connectivity index (χ4v) is 2.71. The van der Waals surface area contributed by atoms with E-state index in [0.29, 0.717) is 12.2 Å². The second-order valence-electron chi connectivity index (χ2n) is 5.96. The molecule has 0 atom stereocenters. The Balaban J connectivity index is 1.63. The zero-order chi connectivity index (χ0) is 18.4. The zero-order valence-corrected chi connectivity index (χ0v) is 14.1. The minimum atomic E-state index is -0.574. The van der Waals surface area contributed by atoms with Crippen LogP contribution in [-0.4, -0.2) is 42.1 Å². The first-order valence-electron chi connectivity index (χ1n) is 8.30. The number of urea groups is 1.